The Morgan fingerprint density at radius 1 is 0.404 bits per heavy atom. The minimum absolute atomic E-state index is 0.656. The summed E-state index contributed by atoms with van der Waals surface area (Å²) < 4.78 is 2.27. The first-order valence-corrected chi connectivity index (χ1v) is 20.1. The molecule has 2 aromatic heterocycles. The van der Waals surface area contributed by atoms with Gasteiger partial charge in [0, 0.05) is 42.6 Å². The lowest BCUT2D eigenvalue weighted by molar-refractivity contribution is 1.02. The first-order valence-electron chi connectivity index (χ1n) is 19.2. The smallest absolute Gasteiger partial charge is 0.235 e. The molecule has 0 N–H and O–H groups in total. The van der Waals surface area contributed by atoms with Gasteiger partial charge >= 0.3 is 0 Å². The Kier molecular flexibility index (Phi) is 7.13. The van der Waals surface area contributed by atoms with Crippen molar-refractivity contribution in [3.8, 4) is 28.3 Å². The van der Waals surface area contributed by atoms with E-state index in [4.69, 9.17) is 9.97 Å². The van der Waals surface area contributed by atoms with Gasteiger partial charge in [-0.25, -0.2) is 9.97 Å². The topological polar surface area (TPSA) is 34.0 Å². The van der Waals surface area contributed by atoms with Crippen LogP contribution in [0, 0.1) is 0 Å². The molecule has 5 heteroatoms. The van der Waals surface area contributed by atoms with Crippen molar-refractivity contribution in [2.75, 3.05) is 4.90 Å². The van der Waals surface area contributed by atoms with Crippen molar-refractivity contribution < 1.29 is 0 Å². The van der Waals surface area contributed by atoms with Gasteiger partial charge in [0.1, 0.15) is 0 Å². The zero-order valence-corrected chi connectivity index (χ0v) is 31.5. The molecule has 3 heterocycles. The van der Waals surface area contributed by atoms with Gasteiger partial charge in [-0.05, 0) is 87.9 Å². The van der Waals surface area contributed by atoms with E-state index >= 15 is 0 Å². The van der Waals surface area contributed by atoms with E-state index in [2.05, 4.69) is 204 Å². The number of hydrogen-bond acceptors (Lipinski definition) is 4. The monoisotopic (exact) mass is 744 g/mol. The summed E-state index contributed by atoms with van der Waals surface area (Å²) in [6.07, 6.45) is 0. The van der Waals surface area contributed by atoms with Gasteiger partial charge in [-0.1, -0.05) is 145 Å². The number of benzene rings is 9. The average molecular weight is 745 g/mol. The molecule has 9 aromatic carbocycles. The molecule has 0 amide bonds. The molecule has 1 aliphatic rings. The Morgan fingerprint density at radius 3 is 1.91 bits per heavy atom. The molecule has 1 aliphatic heterocycles. The SMILES string of the molecule is c1ccc(-c2nc(-n3c4ccc(-c5ccc6c(c5)N(c5ccccc5)c5ccccc5S6)cc4c4c5ccccc5ccc43)nc3c2ccc2ccccc23)cc1. The number of para-hydroxylation sites is 2. The van der Waals surface area contributed by atoms with Crippen LogP contribution in [-0.4, -0.2) is 14.5 Å². The summed E-state index contributed by atoms with van der Waals surface area (Å²) in [5.74, 6) is 0.656. The van der Waals surface area contributed by atoms with Crippen LogP contribution in [0.5, 0.6) is 0 Å². The van der Waals surface area contributed by atoms with Crippen LogP contribution in [0.4, 0.5) is 17.1 Å². The van der Waals surface area contributed by atoms with E-state index in [0.29, 0.717) is 5.95 Å². The lowest BCUT2D eigenvalue weighted by Gasteiger charge is -2.33. The second-order valence-corrected chi connectivity index (χ2v) is 15.7. The van der Waals surface area contributed by atoms with Crippen LogP contribution < -0.4 is 4.90 Å². The molecule has 12 rings (SSSR count). The Balaban J connectivity index is 1.11. The Morgan fingerprint density at radius 2 is 1.05 bits per heavy atom. The second-order valence-electron chi connectivity index (χ2n) is 14.6. The number of anilines is 3. The van der Waals surface area contributed by atoms with E-state index in [9.17, 15) is 0 Å². The third kappa shape index (κ3) is 5.03. The highest BCUT2D eigenvalue weighted by Crippen LogP contribution is 2.52. The van der Waals surface area contributed by atoms with Crippen molar-refractivity contribution >= 4 is 83.1 Å². The summed E-state index contributed by atoms with van der Waals surface area (Å²) in [5, 5.41) is 8.08. The Bertz CT molecular complexity index is 3390. The summed E-state index contributed by atoms with van der Waals surface area (Å²) in [6, 6.07) is 69.7. The summed E-state index contributed by atoms with van der Waals surface area (Å²) in [6.45, 7) is 0. The first-order chi connectivity index (χ1) is 28.3. The van der Waals surface area contributed by atoms with Crippen LogP contribution in [0.15, 0.2) is 204 Å². The van der Waals surface area contributed by atoms with Gasteiger partial charge < -0.3 is 4.90 Å². The maximum absolute atomic E-state index is 5.44. The molecular weight excluding hydrogens is 713 g/mol. The van der Waals surface area contributed by atoms with Gasteiger partial charge in [-0.15, -0.1) is 0 Å². The van der Waals surface area contributed by atoms with Crippen LogP contribution in [0.1, 0.15) is 0 Å². The summed E-state index contributed by atoms with van der Waals surface area (Å²) in [4.78, 5) is 15.8. The molecule has 11 aromatic rings. The average Bonchev–Trinajstić information content (AvgIpc) is 3.62. The molecule has 0 saturated carbocycles. The summed E-state index contributed by atoms with van der Waals surface area (Å²) in [5.41, 5.74) is 10.9. The molecule has 57 heavy (non-hydrogen) atoms. The third-order valence-electron chi connectivity index (χ3n) is 11.4. The van der Waals surface area contributed by atoms with E-state index in [0.717, 1.165) is 60.8 Å². The summed E-state index contributed by atoms with van der Waals surface area (Å²) in [7, 11) is 0. The van der Waals surface area contributed by atoms with Crippen molar-refractivity contribution in [1.29, 1.82) is 0 Å². The van der Waals surface area contributed by atoms with Crippen molar-refractivity contribution in [2.24, 2.45) is 0 Å². The fourth-order valence-electron chi connectivity index (χ4n) is 8.74. The van der Waals surface area contributed by atoms with Crippen LogP contribution in [0.2, 0.25) is 0 Å². The lowest BCUT2D eigenvalue weighted by Crippen LogP contribution is -2.14. The van der Waals surface area contributed by atoms with Gasteiger partial charge in [0.25, 0.3) is 0 Å². The van der Waals surface area contributed by atoms with E-state index in [1.54, 1.807) is 0 Å². The van der Waals surface area contributed by atoms with Crippen molar-refractivity contribution in [3.05, 3.63) is 194 Å². The van der Waals surface area contributed by atoms with Gasteiger partial charge in [0.15, 0.2) is 0 Å². The quantitative estimate of drug-likeness (QED) is 0.168. The van der Waals surface area contributed by atoms with Crippen molar-refractivity contribution in [1.82, 2.24) is 14.5 Å². The van der Waals surface area contributed by atoms with E-state index in [1.807, 2.05) is 11.8 Å². The molecule has 266 valence electrons. The Hall–Kier alpha value is -7.21. The highest BCUT2D eigenvalue weighted by atomic mass is 32.2. The standard InChI is InChI=1S/C52H32N4S/c1-3-15-35(16-4-1)50-41-27-23-34-14-8-10-20-40(34)51(41)54-52(53-50)56-43-28-25-36(31-42(43)49-39-19-9-7-13-33(39)24-29-45(49)56)37-26-30-48-46(32-37)55(38-17-5-2-6-18-38)44-21-11-12-22-47(44)57-48/h1-32H. The molecule has 0 spiro atoms. The van der Waals surface area contributed by atoms with E-state index < -0.39 is 0 Å². The van der Waals surface area contributed by atoms with Crippen LogP contribution in [0.25, 0.3) is 82.6 Å². The maximum atomic E-state index is 5.44. The van der Waals surface area contributed by atoms with Gasteiger partial charge in [0.05, 0.1) is 33.6 Å². The lowest BCUT2D eigenvalue weighted by atomic mass is 9.99. The highest BCUT2D eigenvalue weighted by Gasteiger charge is 2.26. The molecule has 0 saturated heterocycles. The number of rotatable bonds is 4. The first kappa shape index (κ1) is 32.1. The van der Waals surface area contributed by atoms with Gasteiger partial charge in [-0.2, -0.15) is 0 Å². The molecule has 0 bridgehead atoms. The number of aromatic nitrogens is 3. The zero-order valence-electron chi connectivity index (χ0n) is 30.7. The predicted octanol–water partition coefficient (Wildman–Crippen LogP) is 14.3. The number of nitrogens with zero attached hydrogens (tertiary/aromatic N) is 4. The van der Waals surface area contributed by atoms with E-state index in [1.165, 1.54) is 42.7 Å². The molecule has 4 nitrogen and oxygen atoms in total. The van der Waals surface area contributed by atoms with Crippen LogP contribution >= 0.6 is 11.8 Å². The molecule has 0 radical (unpaired) electrons. The Labute approximate surface area is 333 Å². The molecule has 0 unspecified atom stereocenters. The van der Waals surface area contributed by atoms with E-state index in [-0.39, 0.29) is 0 Å². The number of hydrogen-bond donors (Lipinski definition) is 0. The molecular formula is C52H32N4S. The third-order valence-corrected chi connectivity index (χ3v) is 12.5. The normalized spacial score (nSPS) is 12.5. The predicted molar refractivity (Wildman–Crippen MR) is 239 cm³/mol. The van der Waals surface area contributed by atoms with Crippen LogP contribution in [-0.2, 0) is 0 Å². The minimum Gasteiger partial charge on any atom is -0.308 e. The summed E-state index contributed by atoms with van der Waals surface area (Å²) >= 11 is 1.83. The van der Waals surface area contributed by atoms with Gasteiger partial charge in [-0.3, -0.25) is 4.57 Å². The fourth-order valence-corrected chi connectivity index (χ4v) is 9.78. The van der Waals surface area contributed by atoms with Crippen molar-refractivity contribution in [3.63, 3.8) is 0 Å². The van der Waals surface area contributed by atoms with Crippen molar-refractivity contribution in [2.45, 2.75) is 9.79 Å². The molecule has 0 fully saturated rings. The van der Waals surface area contributed by atoms with Gasteiger partial charge in [0.2, 0.25) is 5.95 Å². The fraction of sp³-hybridized carbons (Fsp3) is 0. The highest BCUT2D eigenvalue weighted by molar-refractivity contribution is 7.99. The van der Waals surface area contributed by atoms with Crippen LogP contribution in [0.3, 0.4) is 0 Å². The maximum Gasteiger partial charge on any atom is 0.235 e. The second kappa shape index (κ2) is 12.7. The zero-order chi connectivity index (χ0) is 37.5. The molecule has 0 atom stereocenters. The molecule has 0 aliphatic carbocycles. The minimum atomic E-state index is 0.656. The number of fused-ring (bicyclic) bond motifs is 10. The largest absolute Gasteiger partial charge is 0.308 e.